The molecular formula is C22H24N2O8. The molecule has 1 saturated carbocycles. The molecular weight excluding hydrogens is 420 g/mol. The Bertz CT molecular complexity index is 1020. The predicted molar refractivity (Wildman–Crippen MR) is 110 cm³/mol. The lowest BCUT2D eigenvalue weighted by Gasteiger charge is -2.35. The van der Waals surface area contributed by atoms with Gasteiger partial charge in [-0.05, 0) is 36.6 Å². The molecule has 4 rings (SSSR count). The summed E-state index contributed by atoms with van der Waals surface area (Å²) in [5.74, 6) is -1.20. The Morgan fingerprint density at radius 1 is 0.906 bits per heavy atom. The highest BCUT2D eigenvalue weighted by molar-refractivity contribution is 5.95. The van der Waals surface area contributed by atoms with E-state index in [1.54, 1.807) is 40.1 Å². The molecule has 0 aromatic heterocycles. The van der Waals surface area contributed by atoms with Crippen LogP contribution in [-0.2, 0) is 4.79 Å². The van der Waals surface area contributed by atoms with Gasteiger partial charge in [-0.15, -0.1) is 0 Å². The molecule has 1 aliphatic heterocycles. The first kappa shape index (κ1) is 22.0. The van der Waals surface area contributed by atoms with E-state index in [2.05, 4.69) is 4.74 Å². The number of phenolic OH excluding ortho intramolecular Hbond substituents is 1. The molecule has 10 heteroatoms. The Morgan fingerprint density at radius 3 is 2.06 bits per heavy atom. The number of rotatable bonds is 5. The Balaban J connectivity index is 1.43. The van der Waals surface area contributed by atoms with Crippen molar-refractivity contribution >= 4 is 11.8 Å². The molecule has 0 unspecified atom stereocenters. The number of phenols is 1. The predicted octanol–water partition coefficient (Wildman–Crippen LogP) is -0.165. The first-order valence-corrected chi connectivity index (χ1v) is 10.2. The van der Waals surface area contributed by atoms with Gasteiger partial charge in [0.2, 0.25) is 0 Å². The van der Waals surface area contributed by atoms with Gasteiger partial charge in [-0.3, -0.25) is 9.59 Å². The summed E-state index contributed by atoms with van der Waals surface area (Å²) in [6.07, 6.45) is -2.46. The van der Waals surface area contributed by atoms with Crippen molar-refractivity contribution in [3.63, 3.8) is 0 Å². The van der Waals surface area contributed by atoms with Gasteiger partial charge in [-0.2, -0.15) is 0 Å². The summed E-state index contributed by atoms with van der Waals surface area (Å²) < 4.78 is 4.50. The summed E-state index contributed by atoms with van der Waals surface area (Å²) in [6, 6.07) is 10.8. The van der Waals surface area contributed by atoms with Crippen LogP contribution in [0, 0.1) is 0 Å². The molecule has 2 amide bonds. The Kier molecular flexibility index (Phi) is 5.55. The third-order valence-electron chi connectivity index (χ3n) is 5.66. The van der Waals surface area contributed by atoms with E-state index in [-0.39, 0.29) is 17.6 Å². The molecule has 2 aliphatic rings. The standard InChI is InChI=1S/C22H24N2O8/c25-18-16(2-1-3-17(18)32-22(29,30)31)14-4-6-15(7-5-14)19(26)23-10-12-24(13-11-23)20(27)21(28)8-9-21/h1-7,25,28-31H,8-13H2. The molecule has 2 fully saturated rings. The third kappa shape index (κ3) is 4.53. The van der Waals surface area contributed by atoms with Crippen molar-refractivity contribution in [2.24, 2.45) is 0 Å². The Morgan fingerprint density at radius 2 is 1.50 bits per heavy atom. The van der Waals surface area contributed by atoms with Gasteiger partial charge in [0.05, 0.1) is 0 Å². The zero-order valence-corrected chi connectivity index (χ0v) is 17.1. The van der Waals surface area contributed by atoms with E-state index in [1.165, 1.54) is 12.1 Å². The number of hydrogen-bond donors (Lipinski definition) is 5. The lowest BCUT2D eigenvalue weighted by molar-refractivity contribution is -0.419. The molecule has 1 heterocycles. The smallest absolute Gasteiger partial charge is 0.453 e. The number of nitrogens with zero attached hydrogens (tertiary/aromatic N) is 2. The Labute approximate surface area is 183 Å². The van der Waals surface area contributed by atoms with Crippen molar-refractivity contribution in [1.29, 1.82) is 0 Å². The maximum atomic E-state index is 12.8. The van der Waals surface area contributed by atoms with Gasteiger partial charge in [-0.25, -0.2) is 0 Å². The SMILES string of the molecule is O=C(c1ccc(-c2cccc(OC(O)(O)O)c2O)cc1)N1CCN(C(=O)C2(O)CC2)CC1. The van der Waals surface area contributed by atoms with E-state index < -0.39 is 17.5 Å². The second kappa shape index (κ2) is 8.06. The Hall–Kier alpha value is -3.18. The fraction of sp³-hybridized carbons (Fsp3) is 0.364. The molecule has 32 heavy (non-hydrogen) atoms. The van der Waals surface area contributed by atoms with Crippen molar-refractivity contribution in [2.75, 3.05) is 26.2 Å². The van der Waals surface area contributed by atoms with E-state index in [1.807, 2.05) is 0 Å². The number of aromatic hydroxyl groups is 1. The molecule has 0 spiro atoms. The lowest BCUT2D eigenvalue weighted by Crippen LogP contribution is -2.53. The molecule has 2 aromatic carbocycles. The summed E-state index contributed by atoms with van der Waals surface area (Å²) in [5, 5.41) is 47.2. The van der Waals surface area contributed by atoms with Crippen LogP contribution >= 0.6 is 0 Å². The summed E-state index contributed by atoms with van der Waals surface area (Å²) >= 11 is 0. The van der Waals surface area contributed by atoms with Crippen molar-refractivity contribution in [2.45, 2.75) is 24.6 Å². The normalized spacial score (nSPS) is 17.8. The highest BCUT2D eigenvalue weighted by Crippen LogP contribution is 2.38. The van der Waals surface area contributed by atoms with Crippen LogP contribution in [0.2, 0.25) is 0 Å². The summed E-state index contributed by atoms with van der Waals surface area (Å²) in [5.41, 5.74) is 0.0670. The average Bonchev–Trinajstić information content (AvgIpc) is 3.52. The summed E-state index contributed by atoms with van der Waals surface area (Å²) in [4.78, 5) is 28.3. The maximum Gasteiger partial charge on any atom is 0.453 e. The summed E-state index contributed by atoms with van der Waals surface area (Å²) in [6.45, 7) is 1.48. The van der Waals surface area contributed by atoms with E-state index in [0.717, 1.165) is 0 Å². The van der Waals surface area contributed by atoms with Crippen LogP contribution in [0.4, 0.5) is 0 Å². The number of carbonyl (C=O) groups is 2. The minimum absolute atomic E-state index is 0.194. The number of piperazine rings is 1. The third-order valence-corrected chi connectivity index (χ3v) is 5.66. The zero-order chi connectivity index (χ0) is 23.1. The second-order valence-electron chi connectivity index (χ2n) is 8.02. The van der Waals surface area contributed by atoms with E-state index in [9.17, 15) is 19.8 Å². The number of carbonyl (C=O) groups excluding carboxylic acids is 2. The van der Waals surface area contributed by atoms with Gasteiger partial charge in [0, 0.05) is 37.3 Å². The monoisotopic (exact) mass is 444 g/mol. The van der Waals surface area contributed by atoms with Gasteiger partial charge >= 0.3 is 6.16 Å². The molecule has 1 saturated heterocycles. The van der Waals surface area contributed by atoms with Crippen LogP contribution in [0.5, 0.6) is 11.5 Å². The topological polar surface area (TPSA) is 151 Å². The molecule has 5 N–H and O–H groups in total. The second-order valence-corrected chi connectivity index (χ2v) is 8.02. The molecule has 2 aromatic rings. The average molecular weight is 444 g/mol. The van der Waals surface area contributed by atoms with Gasteiger partial charge in [0.25, 0.3) is 11.8 Å². The quantitative estimate of drug-likeness (QED) is 0.399. The lowest BCUT2D eigenvalue weighted by atomic mass is 10.0. The highest BCUT2D eigenvalue weighted by Gasteiger charge is 2.50. The molecule has 10 nitrogen and oxygen atoms in total. The number of aliphatic hydroxyl groups is 4. The van der Waals surface area contributed by atoms with Crippen molar-refractivity contribution in [3.05, 3.63) is 48.0 Å². The van der Waals surface area contributed by atoms with Crippen LogP contribution in [0.1, 0.15) is 23.2 Å². The van der Waals surface area contributed by atoms with Crippen molar-refractivity contribution < 1.29 is 39.9 Å². The number of ether oxygens (including phenoxy) is 1. The molecule has 0 atom stereocenters. The number of para-hydroxylation sites is 1. The van der Waals surface area contributed by atoms with Crippen LogP contribution in [-0.4, -0.2) is 85.1 Å². The van der Waals surface area contributed by atoms with Gasteiger partial charge in [-0.1, -0.05) is 24.3 Å². The highest BCUT2D eigenvalue weighted by atomic mass is 16.9. The molecule has 0 bridgehead atoms. The van der Waals surface area contributed by atoms with E-state index >= 15 is 0 Å². The first-order valence-electron chi connectivity index (χ1n) is 10.2. The van der Waals surface area contributed by atoms with Crippen molar-refractivity contribution in [1.82, 2.24) is 9.80 Å². The first-order chi connectivity index (χ1) is 15.1. The van der Waals surface area contributed by atoms with Gasteiger partial charge < -0.3 is 40.1 Å². The van der Waals surface area contributed by atoms with Gasteiger partial charge in [0.1, 0.15) is 5.60 Å². The summed E-state index contributed by atoms with van der Waals surface area (Å²) in [7, 11) is 0. The fourth-order valence-electron chi connectivity index (χ4n) is 3.70. The molecule has 170 valence electrons. The number of hydrogen-bond acceptors (Lipinski definition) is 8. The minimum atomic E-state index is -3.43. The van der Waals surface area contributed by atoms with Crippen LogP contribution in [0.25, 0.3) is 11.1 Å². The molecule has 1 aliphatic carbocycles. The van der Waals surface area contributed by atoms with Crippen LogP contribution in [0.15, 0.2) is 42.5 Å². The number of benzene rings is 2. The maximum absolute atomic E-state index is 12.8. The number of amides is 2. The fourth-order valence-corrected chi connectivity index (χ4v) is 3.70. The largest absolute Gasteiger partial charge is 0.504 e. The van der Waals surface area contributed by atoms with Crippen LogP contribution in [0.3, 0.4) is 0 Å². The minimum Gasteiger partial charge on any atom is -0.504 e. The van der Waals surface area contributed by atoms with E-state index in [4.69, 9.17) is 15.3 Å². The van der Waals surface area contributed by atoms with E-state index in [0.29, 0.717) is 55.7 Å². The van der Waals surface area contributed by atoms with Crippen molar-refractivity contribution in [3.8, 4) is 22.6 Å². The zero-order valence-electron chi connectivity index (χ0n) is 17.1. The van der Waals surface area contributed by atoms with Crippen LogP contribution < -0.4 is 4.74 Å². The molecule has 0 radical (unpaired) electrons. The van der Waals surface area contributed by atoms with Gasteiger partial charge in [0.15, 0.2) is 11.5 Å².